The Bertz CT molecular complexity index is 401. The van der Waals surface area contributed by atoms with Gasteiger partial charge in [-0.25, -0.2) is 4.98 Å². The summed E-state index contributed by atoms with van der Waals surface area (Å²) in [6.07, 6.45) is 0.997. The van der Waals surface area contributed by atoms with Crippen molar-refractivity contribution in [2.45, 2.75) is 39.7 Å². The number of aliphatic hydroxyl groups excluding tert-OH is 1. The van der Waals surface area contributed by atoms with Crippen LogP contribution >= 0.6 is 0 Å². The maximum Gasteiger partial charge on any atom is 0.252 e. The number of anilines is 1. The van der Waals surface area contributed by atoms with Gasteiger partial charge >= 0.3 is 0 Å². The van der Waals surface area contributed by atoms with E-state index in [0.29, 0.717) is 30.5 Å². The molecule has 5 heteroatoms. The smallest absolute Gasteiger partial charge is 0.252 e. The van der Waals surface area contributed by atoms with Crippen LogP contribution in [0.3, 0.4) is 0 Å². The molecule has 96 valence electrons. The molecule has 0 aromatic carbocycles. The number of nitrogens with one attached hydrogen (secondary N) is 2. The zero-order chi connectivity index (χ0) is 12.8. The van der Waals surface area contributed by atoms with E-state index in [1.165, 1.54) is 6.07 Å². The van der Waals surface area contributed by atoms with E-state index < -0.39 is 6.10 Å². The van der Waals surface area contributed by atoms with Crippen molar-refractivity contribution in [3.63, 3.8) is 0 Å². The van der Waals surface area contributed by atoms with E-state index in [0.717, 1.165) is 6.42 Å². The quantitative estimate of drug-likeness (QED) is 0.696. The Kier molecular flexibility index (Phi) is 5.15. The summed E-state index contributed by atoms with van der Waals surface area (Å²) in [7, 11) is 0. The van der Waals surface area contributed by atoms with Crippen LogP contribution in [0, 0.1) is 5.92 Å². The monoisotopic (exact) mass is 239 g/mol. The molecule has 0 saturated carbocycles. The average molecular weight is 239 g/mol. The summed E-state index contributed by atoms with van der Waals surface area (Å²) in [5, 5.41) is 12.7. The zero-order valence-electron chi connectivity index (χ0n) is 10.7. The molecule has 0 amide bonds. The molecule has 3 N–H and O–H groups in total. The third kappa shape index (κ3) is 4.99. The minimum atomic E-state index is -0.416. The van der Waals surface area contributed by atoms with E-state index in [2.05, 4.69) is 29.1 Å². The van der Waals surface area contributed by atoms with Gasteiger partial charge in [-0.3, -0.25) is 4.79 Å². The number of hydrogen-bond acceptors (Lipinski definition) is 4. The standard InChI is InChI=1S/C12H21N3O2/c1-4-10-14-11(6-12(17)15-10)13-7-9(16)5-8(2)3/h6,8-9,16H,4-5,7H2,1-3H3,(H2,13,14,15,17). The van der Waals surface area contributed by atoms with Crippen LogP contribution in [0.25, 0.3) is 0 Å². The van der Waals surface area contributed by atoms with E-state index in [4.69, 9.17) is 0 Å². The molecular formula is C12H21N3O2. The third-order valence-corrected chi connectivity index (χ3v) is 2.39. The van der Waals surface area contributed by atoms with Gasteiger partial charge in [-0.15, -0.1) is 0 Å². The summed E-state index contributed by atoms with van der Waals surface area (Å²) < 4.78 is 0. The fourth-order valence-electron chi connectivity index (χ4n) is 1.62. The van der Waals surface area contributed by atoms with Crippen molar-refractivity contribution in [1.29, 1.82) is 0 Å². The lowest BCUT2D eigenvalue weighted by Gasteiger charge is -2.14. The first-order valence-corrected chi connectivity index (χ1v) is 6.03. The predicted molar refractivity (Wildman–Crippen MR) is 68.2 cm³/mol. The summed E-state index contributed by atoms with van der Waals surface area (Å²) in [5.41, 5.74) is -0.169. The van der Waals surface area contributed by atoms with Crippen molar-refractivity contribution < 1.29 is 5.11 Å². The number of nitrogens with zero attached hydrogens (tertiary/aromatic N) is 1. The van der Waals surface area contributed by atoms with Gasteiger partial charge in [0, 0.05) is 19.0 Å². The Morgan fingerprint density at radius 2 is 2.24 bits per heavy atom. The molecule has 1 rings (SSSR count). The highest BCUT2D eigenvalue weighted by Gasteiger charge is 2.07. The summed E-state index contributed by atoms with van der Waals surface area (Å²) in [4.78, 5) is 18.2. The van der Waals surface area contributed by atoms with E-state index in [1.807, 2.05) is 6.92 Å². The lowest BCUT2D eigenvalue weighted by Crippen LogP contribution is -2.23. The molecule has 0 saturated heterocycles. The average Bonchev–Trinajstić information content (AvgIpc) is 2.24. The Balaban J connectivity index is 2.57. The number of H-pyrrole nitrogens is 1. The van der Waals surface area contributed by atoms with Crippen LogP contribution in [0.1, 0.15) is 33.0 Å². The molecule has 0 bridgehead atoms. The van der Waals surface area contributed by atoms with Crippen LogP contribution < -0.4 is 10.9 Å². The van der Waals surface area contributed by atoms with Gasteiger partial charge in [0.1, 0.15) is 11.6 Å². The van der Waals surface area contributed by atoms with Gasteiger partial charge in [-0.1, -0.05) is 20.8 Å². The number of aryl methyl sites for hydroxylation is 1. The molecular weight excluding hydrogens is 218 g/mol. The molecule has 1 heterocycles. The van der Waals surface area contributed by atoms with E-state index in [1.54, 1.807) is 0 Å². The topological polar surface area (TPSA) is 78.0 Å². The highest BCUT2D eigenvalue weighted by molar-refractivity contribution is 5.33. The lowest BCUT2D eigenvalue weighted by atomic mass is 10.1. The second-order valence-electron chi connectivity index (χ2n) is 4.60. The van der Waals surface area contributed by atoms with Gasteiger partial charge in [0.2, 0.25) is 0 Å². The number of hydrogen-bond donors (Lipinski definition) is 3. The molecule has 5 nitrogen and oxygen atoms in total. The van der Waals surface area contributed by atoms with E-state index in [-0.39, 0.29) is 5.56 Å². The summed E-state index contributed by atoms with van der Waals surface area (Å²) in [6, 6.07) is 1.40. The molecule has 0 radical (unpaired) electrons. The van der Waals surface area contributed by atoms with Gasteiger partial charge in [0.15, 0.2) is 0 Å². The maximum absolute atomic E-state index is 11.3. The molecule has 0 aliphatic heterocycles. The minimum absolute atomic E-state index is 0.169. The lowest BCUT2D eigenvalue weighted by molar-refractivity contribution is 0.161. The minimum Gasteiger partial charge on any atom is -0.391 e. The second-order valence-corrected chi connectivity index (χ2v) is 4.60. The Morgan fingerprint density at radius 3 is 2.82 bits per heavy atom. The Hall–Kier alpha value is -1.36. The van der Waals surface area contributed by atoms with Gasteiger partial charge in [0.25, 0.3) is 5.56 Å². The van der Waals surface area contributed by atoms with Crippen LogP contribution in [0.4, 0.5) is 5.82 Å². The molecule has 0 aliphatic carbocycles. The van der Waals surface area contributed by atoms with Gasteiger partial charge < -0.3 is 15.4 Å². The first-order chi connectivity index (χ1) is 8.01. The number of aromatic nitrogens is 2. The number of aliphatic hydroxyl groups is 1. The van der Waals surface area contributed by atoms with Crippen LogP contribution in [-0.4, -0.2) is 27.7 Å². The summed E-state index contributed by atoms with van der Waals surface area (Å²) >= 11 is 0. The molecule has 1 atom stereocenters. The molecule has 0 fully saturated rings. The van der Waals surface area contributed by atoms with Crippen molar-refractivity contribution in [3.05, 3.63) is 22.2 Å². The molecule has 0 aliphatic rings. The Labute approximate surface area is 101 Å². The SMILES string of the molecule is CCc1nc(NCC(O)CC(C)C)cc(=O)[nH]1. The zero-order valence-corrected chi connectivity index (χ0v) is 10.7. The first kappa shape index (κ1) is 13.7. The third-order valence-electron chi connectivity index (χ3n) is 2.39. The van der Waals surface area contributed by atoms with E-state index in [9.17, 15) is 9.90 Å². The van der Waals surface area contributed by atoms with Crippen LogP contribution in [0.5, 0.6) is 0 Å². The van der Waals surface area contributed by atoms with Crippen molar-refractivity contribution in [2.24, 2.45) is 5.92 Å². The second kappa shape index (κ2) is 6.39. The fourth-order valence-corrected chi connectivity index (χ4v) is 1.62. The van der Waals surface area contributed by atoms with Crippen LogP contribution in [-0.2, 0) is 6.42 Å². The molecule has 1 aromatic rings. The first-order valence-electron chi connectivity index (χ1n) is 6.03. The fraction of sp³-hybridized carbons (Fsp3) is 0.667. The van der Waals surface area contributed by atoms with Crippen molar-refractivity contribution >= 4 is 5.82 Å². The van der Waals surface area contributed by atoms with Gasteiger partial charge in [-0.05, 0) is 12.3 Å². The van der Waals surface area contributed by atoms with E-state index >= 15 is 0 Å². The van der Waals surface area contributed by atoms with Crippen LogP contribution in [0.2, 0.25) is 0 Å². The molecule has 1 unspecified atom stereocenters. The number of rotatable bonds is 6. The molecule has 17 heavy (non-hydrogen) atoms. The normalized spacial score (nSPS) is 12.8. The predicted octanol–water partition coefficient (Wildman–Crippen LogP) is 1.15. The highest BCUT2D eigenvalue weighted by Crippen LogP contribution is 2.06. The van der Waals surface area contributed by atoms with Crippen LogP contribution in [0.15, 0.2) is 10.9 Å². The van der Waals surface area contributed by atoms with Gasteiger partial charge in [0.05, 0.1) is 6.10 Å². The van der Waals surface area contributed by atoms with Crippen molar-refractivity contribution in [1.82, 2.24) is 9.97 Å². The maximum atomic E-state index is 11.3. The highest BCUT2D eigenvalue weighted by atomic mass is 16.3. The van der Waals surface area contributed by atoms with Crippen molar-refractivity contribution in [2.75, 3.05) is 11.9 Å². The molecule has 1 aromatic heterocycles. The van der Waals surface area contributed by atoms with Crippen molar-refractivity contribution in [3.8, 4) is 0 Å². The Morgan fingerprint density at radius 1 is 1.53 bits per heavy atom. The van der Waals surface area contributed by atoms with Gasteiger partial charge in [-0.2, -0.15) is 0 Å². The molecule has 0 spiro atoms. The number of aromatic amines is 1. The summed E-state index contributed by atoms with van der Waals surface area (Å²) in [6.45, 7) is 6.46. The summed E-state index contributed by atoms with van der Waals surface area (Å²) in [5.74, 6) is 1.62. The largest absolute Gasteiger partial charge is 0.391 e.